The Labute approximate surface area is 205 Å². The van der Waals surface area contributed by atoms with Gasteiger partial charge < -0.3 is 10.8 Å². The van der Waals surface area contributed by atoms with Gasteiger partial charge in [0, 0.05) is 35.3 Å². The molecule has 3 aliphatic rings. The molecule has 34 heavy (non-hydrogen) atoms. The minimum Gasteiger partial charge on any atom is -0.478 e. The lowest BCUT2D eigenvalue weighted by Crippen LogP contribution is -2.47. The average molecular weight is 479 g/mol. The molecule has 1 aromatic heterocycles. The summed E-state index contributed by atoms with van der Waals surface area (Å²) < 4.78 is 0. The van der Waals surface area contributed by atoms with Crippen LogP contribution < -0.4 is 5.73 Å². The third kappa shape index (κ3) is 4.42. The number of fused-ring (bicyclic) bond motifs is 1. The second kappa shape index (κ2) is 9.61. The van der Waals surface area contributed by atoms with Crippen molar-refractivity contribution in [2.24, 2.45) is 17.1 Å². The minimum absolute atomic E-state index is 0.138. The van der Waals surface area contributed by atoms with Crippen molar-refractivity contribution in [3.63, 3.8) is 0 Å². The number of aromatic carboxylic acids is 1. The average Bonchev–Trinajstić information content (AvgIpc) is 2.88. The first-order valence-electron chi connectivity index (χ1n) is 12.1. The molecule has 5 rings (SSSR count). The van der Waals surface area contributed by atoms with E-state index in [1.807, 2.05) is 12.1 Å². The van der Waals surface area contributed by atoms with E-state index >= 15 is 0 Å². The van der Waals surface area contributed by atoms with E-state index in [4.69, 9.17) is 17.3 Å². The van der Waals surface area contributed by atoms with Gasteiger partial charge in [0.05, 0.1) is 17.0 Å². The number of rotatable bonds is 5. The number of hydrogen-bond donors (Lipinski definition) is 2. The van der Waals surface area contributed by atoms with Gasteiger partial charge in [-0.3, -0.25) is 4.90 Å². The van der Waals surface area contributed by atoms with Crippen molar-refractivity contribution in [1.82, 2.24) is 14.9 Å². The highest BCUT2D eigenvalue weighted by atomic mass is 35.5. The normalized spacial score (nSPS) is 27.2. The Balaban J connectivity index is 1.30. The zero-order valence-electron chi connectivity index (χ0n) is 19.3. The number of carbonyl (C=O) groups is 1. The number of halogens is 1. The van der Waals surface area contributed by atoms with Crippen molar-refractivity contribution in [1.29, 1.82) is 0 Å². The summed E-state index contributed by atoms with van der Waals surface area (Å²) >= 11 is 6.31. The summed E-state index contributed by atoms with van der Waals surface area (Å²) in [6.45, 7) is 2.47. The molecule has 1 aromatic carbocycles. The van der Waals surface area contributed by atoms with Gasteiger partial charge in [-0.25, -0.2) is 14.8 Å². The fraction of sp³-hybridized carbons (Fsp3) is 0.444. The maximum Gasteiger partial charge on any atom is 0.335 e. The van der Waals surface area contributed by atoms with Crippen molar-refractivity contribution in [2.75, 3.05) is 13.1 Å². The van der Waals surface area contributed by atoms with Crippen LogP contribution in [0.25, 0.3) is 11.3 Å². The Bertz CT molecular complexity index is 1140. The molecule has 0 radical (unpaired) electrons. The van der Waals surface area contributed by atoms with Crippen LogP contribution in [0.3, 0.4) is 0 Å². The molecule has 1 atom stereocenters. The van der Waals surface area contributed by atoms with E-state index in [0.29, 0.717) is 18.5 Å². The Morgan fingerprint density at radius 2 is 2.09 bits per heavy atom. The lowest BCUT2D eigenvalue weighted by Gasteiger charge is -2.47. The zero-order chi connectivity index (χ0) is 23.7. The largest absolute Gasteiger partial charge is 0.478 e. The van der Waals surface area contributed by atoms with Crippen LogP contribution in [0.15, 0.2) is 53.9 Å². The molecule has 1 aliphatic heterocycles. The van der Waals surface area contributed by atoms with E-state index < -0.39 is 5.97 Å². The second-order valence-corrected chi connectivity index (χ2v) is 10.3. The lowest BCUT2D eigenvalue weighted by molar-refractivity contribution is 0.0576. The molecule has 1 unspecified atom stereocenters. The third-order valence-electron chi connectivity index (χ3n) is 8.11. The van der Waals surface area contributed by atoms with Crippen molar-refractivity contribution < 1.29 is 9.90 Å². The quantitative estimate of drug-likeness (QED) is 0.642. The molecule has 1 saturated carbocycles. The number of nitrogens with two attached hydrogens (primary N) is 1. The van der Waals surface area contributed by atoms with Gasteiger partial charge >= 0.3 is 5.97 Å². The number of allylic oxidation sites excluding steroid dienone is 4. The molecule has 0 saturated heterocycles. The van der Waals surface area contributed by atoms with Crippen LogP contribution in [0.2, 0.25) is 0 Å². The maximum atomic E-state index is 11.4. The number of hydrogen-bond acceptors (Lipinski definition) is 5. The van der Waals surface area contributed by atoms with E-state index in [1.54, 1.807) is 24.5 Å². The summed E-state index contributed by atoms with van der Waals surface area (Å²) in [6.07, 6.45) is 14.4. The molecule has 2 aliphatic carbocycles. The third-order valence-corrected chi connectivity index (χ3v) is 8.36. The summed E-state index contributed by atoms with van der Waals surface area (Å²) in [5, 5.41) is 10.2. The first-order chi connectivity index (χ1) is 16.5. The summed E-state index contributed by atoms with van der Waals surface area (Å²) in [4.78, 5) is 23.1. The van der Waals surface area contributed by atoms with E-state index in [0.717, 1.165) is 79.2 Å². The van der Waals surface area contributed by atoms with Crippen molar-refractivity contribution in [3.8, 4) is 11.3 Å². The van der Waals surface area contributed by atoms with Crippen molar-refractivity contribution >= 4 is 17.6 Å². The SMILES string of the molecule is NC[C@]1(C2C=C(Cl)C=CC2)CC[C@H](N2CCc3c(ncnc3-c3cccc(C(=O)O)c3)C2)CC1. The fourth-order valence-corrected chi connectivity index (χ4v) is 6.31. The molecule has 2 heterocycles. The zero-order valence-corrected chi connectivity index (χ0v) is 20.0. The number of nitrogens with zero attached hydrogens (tertiary/aromatic N) is 3. The van der Waals surface area contributed by atoms with Crippen molar-refractivity contribution in [3.05, 3.63) is 70.7 Å². The number of carboxylic acid groups (broad SMARTS) is 1. The van der Waals surface area contributed by atoms with Crippen LogP contribution in [0, 0.1) is 11.3 Å². The number of carboxylic acids is 1. The molecular formula is C27H31ClN4O2. The predicted octanol–water partition coefficient (Wildman–Crippen LogP) is 4.79. The first kappa shape index (κ1) is 23.2. The summed E-state index contributed by atoms with van der Waals surface area (Å²) in [5.74, 6) is -0.501. The Hall–Kier alpha value is -2.54. The molecule has 0 amide bonds. The molecule has 0 bridgehead atoms. The molecule has 3 N–H and O–H groups in total. The Kier molecular flexibility index (Phi) is 6.56. The second-order valence-electron chi connectivity index (χ2n) is 9.85. The van der Waals surface area contributed by atoms with Gasteiger partial charge in [-0.15, -0.1) is 0 Å². The van der Waals surface area contributed by atoms with Crippen LogP contribution in [0.4, 0.5) is 0 Å². The molecule has 178 valence electrons. The molecule has 2 aromatic rings. The van der Waals surface area contributed by atoms with E-state index in [-0.39, 0.29) is 11.0 Å². The van der Waals surface area contributed by atoms with E-state index in [9.17, 15) is 9.90 Å². The summed E-state index contributed by atoms with van der Waals surface area (Å²) in [5.41, 5.74) is 10.6. The van der Waals surface area contributed by atoms with Gasteiger partial charge in [-0.1, -0.05) is 35.9 Å². The number of aromatic nitrogens is 2. The lowest BCUT2D eigenvalue weighted by atomic mass is 9.63. The fourth-order valence-electron chi connectivity index (χ4n) is 6.07. The predicted molar refractivity (Wildman–Crippen MR) is 133 cm³/mol. The highest BCUT2D eigenvalue weighted by Crippen LogP contribution is 2.47. The van der Waals surface area contributed by atoms with Crippen molar-refractivity contribution in [2.45, 2.75) is 51.1 Å². The van der Waals surface area contributed by atoms with Crippen LogP contribution in [-0.4, -0.2) is 45.1 Å². The molecule has 0 spiro atoms. The molecule has 1 fully saturated rings. The van der Waals surface area contributed by atoms with Crippen LogP contribution in [0.5, 0.6) is 0 Å². The highest BCUT2D eigenvalue weighted by molar-refractivity contribution is 6.31. The summed E-state index contributed by atoms with van der Waals surface area (Å²) in [6, 6.07) is 7.54. The van der Waals surface area contributed by atoms with Gasteiger partial charge in [0.1, 0.15) is 6.33 Å². The minimum atomic E-state index is -0.927. The van der Waals surface area contributed by atoms with Gasteiger partial charge in [0.15, 0.2) is 0 Å². The smallest absolute Gasteiger partial charge is 0.335 e. The maximum absolute atomic E-state index is 11.4. The van der Waals surface area contributed by atoms with Crippen LogP contribution in [0.1, 0.15) is 53.7 Å². The molecule has 6 nitrogen and oxygen atoms in total. The van der Waals surface area contributed by atoms with Gasteiger partial charge in [0.25, 0.3) is 0 Å². The van der Waals surface area contributed by atoms with Crippen LogP contribution in [-0.2, 0) is 13.0 Å². The monoisotopic (exact) mass is 478 g/mol. The van der Waals surface area contributed by atoms with Gasteiger partial charge in [-0.05, 0) is 74.6 Å². The van der Waals surface area contributed by atoms with E-state index in [2.05, 4.69) is 27.0 Å². The summed E-state index contributed by atoms with van der Waals surface area (Å²) in [7, 11) is 0. The Morgan fingerprint density at radius 1 is 1.26 bits per heavy atom. The van der Waals surface area contributed by atoms with Gasteiger partial charge in [-0.2, -0.15) is 0 Å². The highest BCUT2D eigenvalue weighted by Gasteiger charge is 2.41. The molecular weight excluding hydrogens is 448 g/mol. The van der Waals surface area contributed by atoms with Crippen LogP contribution >= 0.6 is 11.6 Å². The number of benzene rings is 1. The Morgan fingerprint density at radius 3 is 2.82 bits per heavy atom. The standard InChI is InChI=1S/C27H31ClN4O2/c28-21-6-2-5-20(14-21)27(16-29)10-7-22(8-11-27)32-12-9-23-24(15-32)30-17-31-25(23)18-3-1-4-19(13-18)26(33)34/h1-4,6,13-14,17,20,22H,5,7-12,15-16,29H2,(H,33,34)/t20?,22-,27-. The van der Waals surface area contributed by atoms with Gasteiger partial charge in [0.2, 0.25) is 0 Å². The topological polar surface area (TPSA) is 92.3 Å². The van der Waals surface area contributed by atoms with E-state index in [1.165, 1.54) is 0 Å². The first-order valence-corrected chi connectivity index (χ1v) is 12.5. The molecule has 7 heteroatoms.